The summed E-state index contributed by atoms with van der Waals surface area (Å²) >= 11 is 0. The summed E-state index contributed by atoms with van der Waals surface area (Å²) in [6.45, 7) is 7.90. The lowest BCUT2D eigenvalue weighted by molar-refractivity contribution is -0.133. The van der Waals surface area contributed by atoms with Crippen molar-refractivity contribution in [1.29, 1.82) is 0 Å². The maximum absolute atomic E-state index is 11.8. The third-order valence-corrected chi connectivity index (χ3v) is 2.38. The molecular formula is C11H24N2O2. The van der Waals surface area contributed by atoms with E-state index in [1.54, 1.807) is 18.9 Å². The first kappa shape index (κ1) is 14.4. The molecule has 0 spiro atoms. The summed E-state index contributed by atoms with van der Waals surface area (Å²) in [5.41, 5.74) is 0. The number of hydrogen-bond acceptors (Lipinski definition) is 3. The van der Waals surface area contributed by atoms with E-state index in [0.29, 0.717) is 19.5 Å². The van der Waals surface area contributed by atoms with Crippen molar-refractivity contribution in [2.75, 3.05) is 26.7 Å². The Kier molecular flexibility index (Phi) is 7.34. The highest BCUT2D eigenvalue weighted by molar-refractivity contribution is 5.78. The Bertz CT molecular complexity index is 183. The molecule has 0 rings (SSSR count). The van der Waals surface area contributed by atoms with Crippen LogP contribution < -0.4 is 5.32 Å². The lowest BCUT2D eigenvalue weighted by atomic mass is 10.1. The van der Waals surface area contributed by atoms with Crippen molar-refractivity contribution in [3.05, 3.63) is 0 Å². The minimum absolute atomic E-state index is 0.00366. The van der Waals surface area contributed by atoms with Crippen molar-refractivity contribution in [3.8, 4) is 0 Å². The number of nitrogens with zero attached hydrogens (tertiary/aromatic N) is 1. The van der Waals surface area contributed by atoms with E-state index < -0.39 is 0 Å². The van der Waals surface area contributed by atoms with Crippen LogP contribution in [0.25, 0.3) is 0 Å². The summed E-state index contributed by atoms with van der Waals surface area (Å²) in [7, 11) is 1.78. The van der Waals surface area contributed by atoms with Gasteiger partial charge in [0.05, 0.1) is 6.10 Å². The highest BCUT2D eigenvalue weighted by Gasteiger charge is 2.16. The van der Waals surface area contributed by atoms with Gasteiger partial charge in [-0.05, 0) is 19.9 Å². The molecule has 15 heavy (non-hydrogen) atoms. The lowest BCUT2D eigenvalue weighted by Crippen LogP contribution is -2.37. The molecule has 0 fully saturated rings. The first-order valence-corrected chi connectivity index (χ1v) is 5.62. The van der Waals surface area contributed by atoms with Gasteiger partial charge in [0, 0.05) is 26.1 Å². The second kappa shape index (κ2) is 7.65. The van der Waals surface area contributed by atoms with Gasteiger partial charge >= 0.3 is 0 Å². The summed E-state index contributed by atoms with van der Waals surface area (Å²) < 4.78 is 0. The Morgan fingerprint density at radius 2 is 2.07 bits per heavy atom. The normalized spacial score (nSPS) is 14.7. The molecule has 0 radical (unpaired) electrons. The van der Waals surface area contributed by atoms with Gasteiger partial charge in [0.15, 0.2) is 0 Å². The molecule has 0 saturated carbocycles. The molecule has 0 aliphatic carbocycles. The number of carbonyl (C=O) groups is 1. The number of aliphatic hydroxyl groups excluding tert-OH is 1. The third kappa shape index (κ3) is 6.47. The minimum atomic E-state index is -0.343. The number of rotatable bonds is 7. The maximum Gasteiger partial charge on any atom is 0.226 e. The minimum Gasteiger partial charge on any atom is -0.393 e. The molecular weight excluding hydrogens is 192 g/mol. The van der Waals surface area contributed by atoms with Crippen LogP contribution >= 0.6 is 0 Å². The van der Waals surface area contributed by atoms with Gasteiger partial charge in [-0.15, -0.1) is 0 Å². The molecule has 2 N–H and O–H groups in total. The SMILES string of the molecule is CCNCC(C)C(=O)N(C)CCC(C)O. The van der Waals surface area contributed by atoms with E-state index in [4.69, 9.17) is 5.11 Å². The summed E-state index contributed by atoms with van der Waals surface area (Å²) in [5, 5.41) is 12.3. The first-order valence-electron chi connectivity index (χ1n) is 5.62. The van der Waals surface area contributed by atoms with Gasteiger partial charge in [-0.25, -0.2) is 0 Å². The molecule has 0 heterocycles. The van der Waals surface area contributed by atoms with Gasteiger partial charge in [0.1, 0.15) is 0 Å². The predicted molar refractivity (Wildman–Crippen MR) is 61.6 cm³/mol. The standard InChI is InChI=1S/C11H24N2O2/c1-5-12-8-9(2)11(15)13(4)7-6-10(3)14/h9-10,12,14H,5-8H2,1-4H3. The van der Waals surface area contributed by atoms with Crippen LogP contribution in [0.4, 0.5) is 0 Å². The smallest absolute Gasteiger partial charge is 0.226 e. The lowest BCUT2D eigenvalue weighted by Gasteiger charge is -2.22. The topological polar surface area (TPSA) is 52.6 Å². The van der Waals surface area contributed by atoms with Crippen LogP contribution in [0.3, 0.4) is 0 Å². The van der Waals surface area contributed by atoms with Crippen LogP contribution in [0.5, 0.6) is 0 Å². The Labute approximate surface area is 92.7 Å². The van der Waals surface area contributed by atoms with E-state index in [2.05, 4.69) is 5.32 Å². The van der Waals surface area contributed by atoms with Gasteiger partial charge in [0.25, 0.3) is 0 Å². The van der Waals surface area contributed by atoms with Crippen LogP contribution in [0.2, 0.25) is 0 Å². The Morgan fingerprint density at radius 1 is 1.47 bits per heavy atom. The average molecular weight is 216 g/mol. The second-order valence-electron chi connectivity index (χ2n) is 4.11. The van der Waals surface area contributed by atoms with Crippen LogP contribution in [0.1, 0.15) is 27.2 Å². The number of aliphatic hydroxyl groups is 1. The molecule has 0 saturated heterocycles. The van der Waals surface area contributed by atoms with Crippen molar-refractivity contribution in [2.24, 2.45) is 5.92 Å². The average Bonchev–Trinajstić information content (AvgIpc) is 2.21. The predicted octanol–water partition coefficient (Wildman–Crippen LogP) is 0.461. The van der Waals surface area contributed by atoms with E-state index in [1.165, 1.54) is 0 Å². The molecule has 0 aliphatic heterocycles. The zero-order valence-electron chi connectivity index (χ0n) is 10.3. The summed E-state index contributed by atoms with van der Waals surface area (Å²) in [4.78, 5) is 13.5. The first-order chi connectivity index (χ1) is 6.99. The van der Waals surface area contributed by atoms with Gasteiger partial charge in [-0.3, -0.25) is 4.79 Å². The Morgan fingerprint density at radius 3 is 2.53 bits per heavy atom. The fourth-order valence-corrected chi connectivity index (χ4v) is 1.32. The third-order valence-electron chi connectivity index (χ3n) is 2.38. The second-order valence-corrected chi connectivity index (χ2v) is 4.11. The molecule has 2 unspecified atom stereocenters. The van der Waals surface area contributed by atoms with Gasteiger partial charge in [0.2, 0.25) is 5.91 Å². The monoisotopic (exact) mass is 216 g/mol. The number of amides is 1. The molecule has 0 aliphatic rings. The van der Waals surface area contributed by atoms with Crippen LogP contribution in [0.15, 0.2) is 0 Å². The molecule has 2 atom stereocenters. The molecule has 4 heteroatoms. The largest absolute Gasteiger partial charge is 0.393 e. The number of carbonyl (C=O) groups excluding carboxylic acids is 1. The Hall–Kier alpha value is -0.610. The molecule has 0 aromatic heterocycles. The molecule has 1 amide bonds. The van der Waals surface area contributed by atoms with E-state index in [1.807, 2.05) is 13.8 Å². The highest BCUT2D eigenvalue weighted by Crippen LogP contribution is 2.01. The summed E-state index contributed by atoms with van der Waals surface area (Å²) in [5.74, 6) is 0.139. The molecule has 0 bridgehead atoms. The van der Waals surface area contributed by atoms with Gasteiger partial charge < -0.3 is 15.3 Å². The zero-order valence-corrected chi connectivity index (χ0v) is 10.3. The number of hydrogen-bond donors (Lipinski definition) is 2. The molecule has 4 nitrogen and oxygen atoms in total. The van der Waals surface area contributed by atoms with Crippen LogP contribution in [0, 0.1) is 5.92 Å². The van der Waals surface area contributed by atoms with Gasteiger partial charge in [-0.1, -0.05) is 13.8 Å². The molecule has 90 valence electrons. The summed E-state index contributed by atoms with van der Waals surface area (Å²) in [6, 6.07) is 0. The van der Waals surface area contributed by atoms with Crippen molar-refractivity contribution >= 4 is 5.91 Å². The van der Waals surface area contributed by atoms with E-state index in [-0.39, 0.29) is 17.9 Å². The van der Waals surface area contributed by atoms with Crippen LogP contribution in [-0.4, -0.2) is 48.7 Å². The van der Waals surface area contributed by atoms with Crippen molar-refractivity contribution in [2.45, 2.75) is 33.3 Å². The van der Waals surface area contributed by atoms with Crippen molar-refractivity contribution in [1.82, 2.24) is 10.2 Å². The van der Waals surface area contributed by atoms with E-state index in [9.17, 15) is 4.79 Å². The van der Waals surface area contributed by atoms with Crippen molar-refractivity contribution < 1.29 is 9.90 Å². The fourth-order valence-electron chi connectivity index (χ4n) is 1.32. The van der Waals surface area contributed by atoms with Crippen molar-refractivity contribution in [3.63, 3.8) is 0 Å². The van der Waals surface area contributed by atoms with Crippen LogP contribution in [-0.2, 0) is 4.79 Å². The van der Waals surface area contributed by atoms with E-state index >= 15 is 0 Å². The Balaban J connectivity index is 3.85. The maximum atomic E-state index is 11.8. The van der Waals surface area contributed by atoms with E-state index in [0.717, 1.165) is 6.54 Å². The fraction of sp³-hybridized carbons (Fsp3) is 0.909. The molecule has 0 aromatic rings. The quantitative estimate of drug-likeness (QED) is 0.650. The number of nitrogens with one attached hydrogen (secondary N) is 1. The summed E-state index contributed by atoms with van der Waals surface area (Å²) in [6.07, 6.45) is 0.292. The zero-order chi connectivity index (χ0) is 11.8. The highest BCUT2D eigenvalue weighted by atomic mass is 16.3. The molecule has 0 aromatic carbocycles. The van der Waals surface area contributed by atoms with Gasteiger partial charge in [-0.2, -0.15) is 0 Å².